The van der Waals surface area contributed by atoms with Gasteiger partial charge in [0.15, 0.2) is 0 Å². The van der Waals surface area contributed by atoms with E-state index in [4.69, 9.17) is 4.74 Å². The Bertz CT molecular complexity index is 1180. The lowest BCUT2D eigenvalue weighted by atomic mass is 9.86. The molecule has 5 rings (SSSR count). The fourth-order valence-corrected chi connectivity index (χ4v) is 6.01. The highest BCUT2D eigenvalue weighted by Crippen LogP contribution is 2.47. The smallest absolute Gasteiger partial charge is 0.150 e. The quantitative estimate of drug-likeness (QED) is 0.398. The fraction of sp³-hybridized carbons (Fsp3) is 0.310. The minimum absolute atomic E-state index is 0.193. The molecule has 1 fully saturated rings. The first-order chi connectivity index (χ1) is 16.5. The second-order valence-corrected chi connectivity index (χ2v) is 10.6. The number of phenols is 2. The van der Waals surface area contributed by atoms with Gasteiger partial charge in [0.05, 0.1) is 0 Å². The molecule has 4 nitrogen and oxygen atoms in total. The van der Waals surface area contributed by atoms with Crippen LogP contribution in [0.2, 0.25) is 0 Å². The highest BCUT2D eigenvalue weighted by Gasteiger charge is 2.30. The molecule has 2 heterocycles. The molecular weight excluding hydrogens is 442 g/mol. The van der Waals surface area contributed by atoms with Gasteiger partial charge in [0, 0.05) is 40.4 Å². The summed E-state index contributed by atoms with van der Waals surface area (Å²) >= 11 is 1.96. The Morgan fingerprint density at radius 3 is 2.35 bits per heavy atom. The molecule has 2 aliphatic heterocycles. The van der Waals surface area contributed by atoms with Crippen LogP contribution in [-0.4, -0.2) is 40.0 Å². The predicted molar refractivity (Wildman–Crippen MR) is 140 cm³/mol. The average Bonchev–Trinajstić information content (AvgIpc) is 2.81. The summed E-state index contributed by atoms with van der Waals surface area (Å²) in [5.41, 5.74) is 5.24. The van der Waals surface area contributed by atoms with E-state index in [1.54, 1.807) is 24.3 Å². The van der Waals surface area contributed by atoms with E-state index in [1.807, 2.05) is 30.0 Å². The van der Waals surface area contributed by atoms with Crippen LogP contribution in [0.1, 0.15) is 49.5 Å². The van der Waals surface area contributed by atoms with Crippen LogP contribution in [-0.2, 0) is 0 Å². The van der Waals surface area contributed by atoms with Crippen LogP contribution < -0.4 is 4.74 Å². The molecule has 5 heteroatoms. The molecule has 3 aromatic carbocycles. The van der Waals surface area contributed by atoms with Crippen molar-refractivity contribution in [2.45, 2.75) is 42.9 Å². The molecule has 1 unspecified atom stereocenters. The zero-order valence-corrected chi connectivity index (χ0v) is 20.5. The second-order valence-electron chi connectivity index (χ2n) is 9.19. The topological polar surface area (TPSA) is 52.9 Å². The van der Waals surface area contributed by atoms with E-state index in [9.17, 15) is 10.2 Å². The van der Waals surface area contributed by atoms with Crippen LogP contribution in [0.15, 0.2) is 71.6 Å². The van der Waals surface area contributed by atoms with E-state index in [-0.39, 0.29) is 17.6 Å². The minimum Gasteiger partial charge on any atom is -0.508 e. The number of allylic oxidation sites excluding steroid dienone is 1. The van der Waals surface area contributed by atoms with E-state index in [1.165, 1.54) is 37.4 Å². The number of rotatable bonds is 7. The summed E-state index contributed by atoms with van der Waals surface area (Å²) in [7, 11) is 0. The first-order valence-electron chi connectivity index (χ1n) is 12.0. The number of unbranched alkanes of at least 4 members (excludes halogenated alkanes) is 1. The molecule has 1 atom stereocenters. The number of nitrogens with zero attached hydrogens (tertiary/aromatic N) is 1. The average molecular weight is 474 g/mol. The SMILES string of the molecule is CCCCN1CC(Sc2ccc(C3Oc4cc(O)ccc4C(C)=C3c3ccc(O)cc3)cc2)C1. The van der Waals surface area contributed by atoms with Gasteiger partial charge in [-0.2, -0.15) is 0 Å². The van der Waals surface area contributed by atoms with E-state index in [2.05, 4.69) is 43.0 Å². The van der Waals surface area contributed by atoms with Crippen molar-refractivity contribution in [2.24, 2.45) is 0 Å². The molecule has 0 amide bonds. The Morgan fingerprint density at radius 1 is 0.941 bits per heavy atom. The van der Waals surface area contributed by atoms with Crippen LogP contribution in [0.5, 0.6) is 17.2 Å². The Balaban J connectivity index is 1.40. The number of phenolic OH excluding ortho intramolecular Hbond substituents is 2. The molecule has 3 aromatic rings. The van der Waals surface area contributed by atoms with Crippen LogP contribution in [0, 0.1) is 0 Å². The summed E-state index contributed by atoms with van der Waals surface area (Å²) in [6.07, 6.45) is 2.24. The molecule has 34 heavy (non-hydrogen) atoms. The second kappa shape index (κ2) is 9.77. The van der Waals surface area contributed by atoms with E-state index in [0.717, 1.165) is 27.8 Å². The van der Waals surface area contributed by atoms with E-state index >= 15 is 0 Å². The summed E-state index contributed by atoms with van der Waals surface area (Å²) in [5.74, 6) is 1.12. The molecule has 0 radical (unpaired) electrons. The zero-order chi connectivity index (χ0) is 23.7. The largest absolute Gasteiger partial charge is 0.508 e. The van der Waals surface area contributed by atoms with Gasteiger partial charge >= 0.3 is 0 Å². The minimum atomic E-state index is -0.300. The molecule has 0 saturated carbocycles. The molecule has 0 aliphatic carbocycles. The summed E-state index contributed by atoms with van der Waals surface area (Å²) in [6.45, 7) is 7.90. The summed E-state index contributed by atoms with van der Waals surface area (Å²) < 4.78 is 6.48. The number of ether oxygens (including phenoxy) is 1. The first kappa shape index (κ1) is 22.9. The molecule has 2 N–H and O–H groups in total. The maximum Gasteiger partial charge on any atom is 0.150 e. The van der Waals surface area contributed by atoms with Gasteiger partial charge in [-0.25, -0.2) is 0 Å². The van der Waals surface area contributed by atoms with Gasteiger partial charge in [0.25, 0.3) is 0 Å². The van der Waals surface area contributed by atoms with E-state index in [0.29, 0.717) is 11.0 Å². The number of hydrogen-bond donors (Lipinski definition) is 2. The Kier molecular flexibility index (Phi) is 6.57. The van der Waals surface area contributed by atoms with Crippen molar-refractivity contribution < 1.29 is 14.9 Å². The molecule has 0 bridgehead atoms. The number of likely N-dealkylation sites (tertiary alicyclic amines) is 1. The van der Waals surface area contributed by atoms with Gasteiger partial charge in [-0.05, 0) is 73.0 Å². The third-order valence-corrected chi connectivity index (χ3v) is 7.87. The maximum absolute atomic E-state index is 10.0. The molecule has 176 valence electrons. The first-order valence-corrected chi connectivity index (χ1v) is 12.9. The van der Waals surface area contributed by atoms with Crippen LogP contribution in [0.3, 0.4) is 0 Å². The van der Waals surface area contributed by atoms with Gasteiger partial charge in [-0.15, -0.1) is 11.8 Å². The van der Waals surface area contributed by atoms with Crippen molar-refractivity contribution in [1.29, 1.82) is 0 Å². The van der Waals surface area contributed by atoms with Crippen molar-refractivity contribution in [2.75, 3.05) is 19.6 Å². The third-order valence-electron chi connectivity index (χ3n) is 6.70. The zero-order valence-electron chi connectivity index (χ0n) is 19.7. The fourth-order valence-electron chi connectivity index (χ4n) is 4.76. The molecule has 1 saturated heterocycles. The van der Waals surface area contributed by atoms with Crippen molar-refractivity contribution in [3.8, 4) is 17.2 Å². The number of thioether (sulfide) groups is 1. The van der Waals surface area contributed by atoms with Gasteiger partial charge in [-0.1, -0.05) is 37.6 Å². The Labute approximate surface area is 205 Å². The Hall–Kier alpha value is -2.89. The van der Waals surface area contributed by atoms with Crippen LogP contribution >= 0.6 is 11.8 Å². The molecule has 0 spiro atoms. The predicted octanol–water partition coefficient (Wildman–Crippen LogP) is 6.74. The van der Waals surface area contributed by atoms with Crippen LogP contribution in [0.25, 0.3) is 11.1 Å². The Morgan fingerprint density at radius 2 is 1.65 bits per heavy atom. The molecule has 2 aliphatic rings. The van der Waals surface area contributed by atoms with Gasteiger partial charge in [-0.3, -0.25) is 0 Å². The number of aromatic hydroxyl groups is 2. The number of benzene rings is 3. The maximum atomic E-state index is 10.0. The summed E-state index contributed by atoms with van der Waals surface area (Å²) in [5, 5.41) is 20.5. The highest BCUT2D eigenvalue weighted by molar-refractivity contribution is 8.00. The van der Waals surface area contributed by atoms with Crippen molar-refractivity contribution in [3.05, 3.63) is 83.4 Å². The summed E-state index contributed by atoms with van der Waals surface area (Å²) in [4.78, 5) is 3.82. The van der Waals surface area contributed by atoms with E-state index < -0.39 is 0 Å². The number of hydrogen-bond acceptors (Lipinski definition) is 5. The van der Waals surface area contributed by atoms with Crippen molar-refractivity contribution in [3.63, 3.8) is 0 Å². The van der Waals surface area contributed by atoms with Gasteiger partial charge in [0.2, 0.25) is 0 Å². The highest BCUT2D eigenvalue weighted by atomic mass is 32.2. The normalized spacial score (nSPS) is 18.4. The monoisotopic (exact) mass is 473 g/mol. The standard InChI is InChI=1S/C29H31NO3S/c1-3-4-15-30-17-25(18-30)34-24-12-7-21(8-13-24)29-28(20-5-9-22(31)10-6-20)19(2)26-14-11-23(32)16-27(26)33-29/h5-14,16,25,29,31-32H,3-4,15,17-18H2,1-2H3. The van der Waals surface area contributed by atoms with Crippen LogP contribution in [0.4, 0.5) is 0 Å². The van der Waals surface area contributed by atoms with Gasteiger partial charge in [0.1, 0.15) is 23.4 Å². The molecular formula is C29H31NO3S. The van der Waals surface area contributed by atoms with Gasteiger partial charge < -0.3 is 19.8 Å². The van der Waals surface area contributed by atoms with Crippen molar-refractivity contribution in [1.82, 2.24) is 4.90 Å². The lowest BCUT2D eigenvalue weighted by Gasteiger charge is -2.38. The van der Waals surface area contributed by atoms with Crippen molar-refractivity contribution >= 4 is 22.9 Å². The summed E-state index contributed by atoms with van der Waals surface area (Å²) in [6, 6.07) is 21.3. The molecule has 0 aromatic heterocycles. The lowest BCUT2D eigenvalue weighted by Crippen LogP contribution is -2.49. The lowest BCUT2D eigenvalue weighted by molar-refractivity contribution is 0.188. The number of fused-ring (bicyclic) bond motifs is 1. The third kappa shape index (κ3) is 4.68.